The molecular formula is C13H19NO2S. The molecule has 0 aliphatic heterocycles. The zero-order chi connectivity index (χ0) is 12.5. The van der Waals surface area contributed by atoms with Gasteiger partial charge in [0.15, 0.2) is 0 Å². The summed E-state index contributed by atoms with van der Waals surface area (Å²) in [6, 6.07) is 0. The molecule has 2 rings (SSSR count). The molecular weight excluding hydrogens is 234 g/mol. The van der Waals surface area contributed by atoms with Crippen LogP contribution in [0.3, 0.4) is 0 Å². The molecule has 0 aromatic carbocycles. The number of hydrogen-bond donors (Lipinski definition) is 1. The molecule has 1 fully saturated rings. The Hall–Kier alpha value is -0.900. The highest BCUT2D eigenvalue weighted by Crippen LogP contribution is 2.37. The summed E-state index contributed by atoms with van der Waals surface area (Å²) in [5, 5.41) is 12.1. The molecule has 3 nitrogen and oxygen atoms in total. The van der Waals surface area contributed by atoms with Gasteiger partial charge in [-0.25, -0.2) is 4.98 Å². The van der Waals surface area contributed by atoms with Gasteiger partial charge < -0.3 is 5.11 Å². The predicted molar refractivity (Wildman–Crippen MR) is 68.4 cm³/mol. The van der Waals surface area contributed by atoms with E-state index in [-0.39, 0.29) is 11.8 Å². The van der Waals surface area contributed by atoms with Crippen molar-refractivity contribution in [3.05, 3.63) is 16.1 Å². The van der Waals surface area contributed by atoms with Crippen LogP contribution in [0.25, 0.3) is 0 Å². The molecule has 1 aliphatic carbocycles. The number of hydrogen-bond acceptors (Lipinski definition) is 3. The van der Waals surface area contributed by atoms with Crippen LogP contribution in [0.4, 0.5) is 0 Å². The van der Waals surface area contributed by atoms with E-state index in [4.69, 9.17) is 5.11 Å². The first-order chi connectivity index (χ1) is 7.96. The Morgan fingerprint density at radius 3 is 2.82 bits per heavy atom. The Morgan fingerprint density at radius 2 is 2.29 bits per heavy atom. The lowest BCUT2D eigenvalue weighted by Crippen LogP contribution is -2.19. The van der Waals surface area contributed by atoms with Gasteiger partial charge in [0.2, 0.25) is 0 Å². The Kier molecular flexibility index (Phi) is 3.52. The third-order valence-corrected chi connectivity index (χ3v) is 4.22. The SMILES string of the molecule is CC(C)(CC(=O)O)Cc1nc(C2CCC2)cs1. The summed E-state index contributed by atoms with van der Waals surface area (Å²) in [4.78, 5) is 15.4. The minimum atomic E-state index is -0.731. The molecule has 0 amide bonds. The van der Waals surface area contributed by atoms with E-state index in [9.17, 15) is 4.79 Å². The number of nitrogens with zero attached hydrogens (tertiary/aromatic N) is 1. The molecule has 17 heavy (non-hydrogen) atoms. The number of carboxylic acid groups (broad SMARTS) is 1. The lowest BCUT2D eigenvalue weighted by Gasteiger charge is -2.23. The first-order valence-electron chi connectivity index (χ1n) is 6.12. The van der Waals surface area contributed by atoms with E-state index in [0.717, 1.165) is 11.4 Å². The molecule has 1 heterocycles. The van der Waals surface area contributed by atoms with Crippen molar-refractivity contribution >= 4 is 17.3 Å². The molecule has 0 radical (unpaired) electrons. The van der Waals surface area contributed by atoms with Gasteiger partial charge in [-0.05, 0) is 18.3 Å². The molecule has 94 valence electrons. The Morgan fingerprint density at radius 1 is 1.59 bits per heavy atom. The van der Waals surface area contributed by atoms with Crippen LogP contribution in [-0.2, 0) is 11.2 Å². The Balaban J connectivity index is 1.98. The highest BCUT2D eigenvalue weighted by atomic mass is 32.1. The summed E-state index contributed by atoms with van der Waals surface area (Å²) in [6.45, 7) is 3.98. The minimum absolute atomic E-state index is 0.200. The van der Waals surface area contributed by atoms with Crippen LogP contribution in [-0.4, -0.2) is 16.1 Å². The molecule has 0 saturated heterocycles. The van der Waals surface area contributed by atoms with Crippen LogP contribution in [0, 0.1) is 5.41 Å². The maximum atomic E-state index is 10.8. The highest BCUT2D eigenvalue weighted by Gasteiger charge is 2.26. The van der Waals surface area contributed by atoms with Gasteiger partial charge in [0, 0.05) is 17.7 Å². The van der Waals surface area contributed by atoms with Crippen molar-refractivity contribution in [2.45, 2.75) is 51.9 Å². The molecule has 4 heteroatoms. The van der Waals surface area contributed by atoms with Gasteiger partial charge >= 0.3 is 5.97 Å². The summed E-state index contributed by atoms with van der Waals surface area (Å²) in [7, 11) is 0. The zero-order valence-electron chi connectivity index (χ0n) is 10.4. The molecule has 0 bridgehead atoms. The summed E-state index contributed by atoms with van der Waals surface area (Å²) in [5.41, 5.74) is 1.02. The smallest absolute Gasteiger partial charge is 0.303 e. The van der Waals surface area contributed by atoms with Gasteiger partial charge in [0.25, 0.3) is 0 Å². The second-order valence-electron chi connectivity index (χ2n) is 5.71. The van der Waals surface area contributed by atoms with Crippen LogP contribution in [0.5, 0.6) is 0 Å². The van der Waals surface area contributed by atoms with Gasteiger partial charge in [-0.2, -0.15) is 0 Å². The third-order valence-electron chi connectivity index (χ3n) is 3.35. The number of thiazole rings is 1. The van der Waals surface area contributed by atoms with Crippen molar-refractivity contribution in [3.63, 3.8) is 0 Å². The quantitative estimate of drug-likeness (QED) is 0.874. The van der Waals surface area contributed by atoms with Gasteiger partial charge in [-0.3, -0.25) is 4.79 Å². The van der Waals surface area contributed by atoms with Gasteiger partial charge in [-0.1, -0.05) is 20.3 Å². The van der Waals surface area contributed by atoms with Crippen molar-refractivity contribution in [1.82, 2.24) is 4.98 Å². The fourth-order valence-corrected chi connectivity index (χ4v) is 3.31. The first-order valence-corrected chi connectivity index (χ1v) is 7.00. The lowest BCUT2D eigenvalue weighted by atomic mass is 9.83. The Bertz CT molecular complexity index is 407. The minimum Gasteiger partial charge on any atom is -0.481 e. The molecule has 0 spiro atoms. The van der Waals surface area contributed by atoms with Crippen molar-refractivity contribution in [3.8, 4) is 0 Å². The molecule has 1 N–H and O–H groups in total. The normalized spacial score (nSPS) is 16.8. The number of carbonyl (C=O) groups is 1. The third kappa shape index (κ3) is 3.28. The zero-order valence-corrected chi connectivity index (χ0v) is 11.2. The molecule has 0 unspecified atom stereocenters. The second-order valence-corrected chi connectivity index (χ2v) is 6.65. The molecule has 1 aromatic heterocycles. The van der Waals surface area contributed by atoms with Gasteiger partial charge in [-0.15, -0.1) is 11.3 Å². The van der Waals surface area contributed by atoms with Crippen molar-refractivity contribution < 1.29 is 9.90 Å². The molecule has 1 aromatic rings. The van der Waals surface area contributed by atoms with Crippen molar-refractivity contribution in [1.29, 1.82) is 0 Å². The fourth-order valence-electron chi connectivity index (χ4n) is 2.18. The van der Waals surface area contributed by atoms with Crippen molar-refractivity contribution in [2.24, 2.45) is 5.41 Å². The average molecular weight is 253 g/mol. The fraction of sp³-hybridized carbons (Fsp3) is 0.692. The van der Waals surface area contributed by atoms with E-state index in [2.05, 4.69) is 10.4 Å². The van der Waals surface area contributed by atoms with Gasteiger partial charge in [0.05, 0.1) is 17.1 Å². The van der Waals surface area contributed by atoms with E-state index in [1.807, 2.05) is 13.8 Å². The standard InChI is InChI=1S/C13H19NO2S/c1-13(2,7-12(15)16)6-11-14-10(8-17-11)9-4-3-5-9/h8-9H,3-7H2,1-2H3,(H,15,16). The van der Waals surface area contributed by atoms with Gasteiger partial charge in [0.1, 0.15) is 0 Å². The maximum absolute atomic E-state index is 10.8. The van der Waals surface area contributed by atoms with E-state index in [0.29, 0.717) is 5.92 Å². The number of aliphatic carboxylic acids is 1. The van der Waals surface area contributed by atoms with Crippen LogP contribution in [0.2, 0.25) is 0 Å². The van der Waals surface area contributed by atoms with Crippen LogP contribution < -0.4 is 0 Å². The molecule has 1 aliphatic rings. The summed E-state index contributed by atoms with van der Waals surface area (Å²) < 4.78 is 0. The Labute approximate surface area is 106 Å². The van der Waals surface area contributed by atoms with Crippen LogP contribution in [0.15, 0.2) is 5.38 Å². The average Bonchev–Trinajstić information content (AvgIpc) is 2.45. The van der Waals surface area contributed by atoms with Crippen LogP contribution in [0.1, 0.15) is 56.2 Å². The topological polar surface area (TPSA) is 50.2 Å². The number of rotatable bonds is 5. The monoisotopic (exact) mass is 253 g/mol. The van der Waals surface area contributed by atoms with Crippen molar-refractivity contribution in [2.75, 3.05) is 0 Å². The first kappa shape index (κ1) is 12.6. The molecule has 0 atom stereocenters. The number of aromatic nitrogens is 1. The summed E-state index contributed by atoms with van der Waals surface area (Å²) >= 11 is 1.68. The largest absolute Gasteiger partial charge is 0.481 e. The second kappa shape index (κ2) is 4.77. The van der Waals surface area contributed by atoms with E-state index < -0.39 is 5.97 Å². The predicted octanol–water partition coefficient (Wildman–Crippen LogP) is 3.45. The van der Waals surface area contributed by atoms with E-state index in [1.54, 1.807) is 11.3 Å². The maximum Gasteiger partial charge on any atom is 0.303 e. The summed E-state index contributed by atoms with van der Waals surface area (Å²) in [5.74, 6) is -0.0617. The highest BCUT2D eigenvalue weighted by molar-refractivity contribution is 7.09. The van der Waals surface area contributed by atoms with Crippen LogP contribution >= 0.6 is 11.3 Å². The summed E-state index contributed by atoms with van der Waals surface area (Å²) in [6.07, 6.45) is 4.81. The lowest BCUT2D eigenvalue weighted by molar-refractivity contribution is -0.139. The molecule has 1 saturated carbocycles. The van der Waals surface area contributed by atoms with E-state index in [1.165, 1.54) is 25.0 Å². The number of carboxylic acids is 1. The van der Waals surface area contributed by atoms with E-state index >= 15 is 0 Å².